The zero-order valence-electron chi connectivity index (χ0n) is 12.3. The molecule has 0 atom stereocenters. The number of aromatic nitrogens is 1. The molecule has 24 heavy (non-hydrogen) atoms. The van der Waals surface area contributed by atoms with Gasteiger partial charge in [0.1, 0.15) is 23.3 Å². The Morgan fingerprint density at radius 2 is 1.79 bits per heavy atom. The molecule has 2 aromatic carbocycles. The van der Waals surface area contributed by atoms with E-state index < -0.39 is 5.82 Å². The van der Waals surface area contributed by atoms with E-state index in [0.29, 0.717) is 32.1 Å². The Labute approximate surface area is 153 Å². The Hall–Kier alpha value is -1.81. The lowest BCUT2D eigenvalue weighted by Gasteiger charge is -2.10. The number of benzene rings is 2. The highest BCUT2D eigenvalue weighted by Gasteiger charge is 2.09. The molecule has 0 aliphatic heterocycles. The Bertz CT molecular complexity index is 869. The van der Waals surface area contributed by atoms with E-state index in [4.69, 9.17) is 39.5 Å². The first kappa shape index (κ1) is 17.0. The summed E-state index contributed by atoms with van der Waals surface area (Å²) < 4.78 is 19.6. The van der Waals surface area contributed by atoms with Crippen LogP contribution in [-0.2, 0) is 6.61 Å². The first-order valence-electron chi connectivity index (χ1n) is 7.00. The van der Waals surface area contributed by atoms with E-state index in [1.807, 2.05) is 0 Å². The van der Waals surface area contributed by atoms with Crippen molar-refractivity contribution in [2.75, 3.05) is 0 Å². The third-order valence-corrected chi connectivity index (χ3v) is 4.08. The van der Waals surface area contributed by atoms with Crippen LogP contribution in [0, 0.1) is 5.82 Å². The summed E-state index contributed by atoms with van der Waals surface area (Å²) in [5.41, 5.74) is 2.12. The third kappa shape index (κ3) is 4.18. The molecule has 0 spiro atoms. The van der Waals surface area contributed by atoms with Crippen molar-refractivity contribution in [3.63, 3.8) is 0 Å². The van der Waals surface area contributed by atoms with Gasteiger partial charge in [0.05, 0.1) is 0 Å². The normalized spacial score (nSPS) is 10.7. The fourth-order valence-corrected chi connectivity index (χ4v) is 2.81. The predicted octanol–water partition coefficient (Wildman–Crippen LogP) is 6.43. The summed E-state index contributed by atoms with van der Waals surface area (Å²) in [7, 11) is 0. The maximum absolute atomic E-state index is 13.9. The second-order valence-electron chi connectivity index (χ2n) is 5.08. The van der Waals surface area contributed by atoms with Gasteiger partial charge in [0.2, 0.25) is 0 Å². The lowest BCUT2D eigenvalue weighted by Crippen LogP contribution is -1.97. The van der Waals surface area contributed by atoms with Crippen molar-refractivity contribution < 1.29 is 9.13 Å². The molecule has 0 amide bonds. The van der Waals surface area contributed by atoms with E-state index in [-0.39, 0.29) is 6.61 Å². The fourth-order valence-electron chi connectivity index (χ4n) is 2.18. The maximum atomic E-state index is 13.9. The van der Waals surface area contributed by atoms with Gasteiger partial charge >= 0.3 is 0 Å². The number of nitrogens with zero attached hydrogens (tertiary/aromatic N) is 1. The van der Waals surface area contributed by atoms with Crippen molar-refractivity contribution in [1.82, 2.24) is 4.98 Å². The molecule has 6 heteroatoms. The van der Waals surface area contributed by atoms with Gasteiger partial charge in [-0.3, -0.25) is 0 Å². The van der Waals surface area contributed by atoms with Crippen molar-refractivity contribution in [1.29, 1.82) is 0 Å². The first-order chi connectivity index (χ1) is 11.5. The number of hydrogen-bond donors (Lipinski definition) is 0. The largest absolute Gasteiger partial charge is 0.489 e. The predicted molar refractivity (Wildman–Crippen MR) is 95.4 cm³/mol. The van der Waals surface area contributed by atoms with Crippen LogP contribution >= 0.6 is 34.8 Å². The zero-order chi connectivity index (χ0) is 17.1. The van der Waals surface area contributed by atoms with Crippen LogP contribution in [0.25, 0.3) is 11.1 Å². The van der Waals surface area contributed by atoms with Gasteiger partial charge in [-0.05, 0) is 35.9 Å². The lowest BCUT2D eigenvalue weighted by atomic mass is 10.1. The van der Waals surface area contributed by atoms with E-state index in [2.05, 4.69) is 4.98 Å². The molecule has 0 saturated carbocycles. The molecular weight excluding hydrogens is 372 g/mol. The average Bonchev–Trinajstić information content (AvgIpc) is 2.54. The zero-order valence-corrected chi connectivity index (χ0v) is 14.5. The van der Waals surface area contributed by atoms with Gasteiger partial charge in [-0.1, -0.05) is 46.9 Å². The Kier molecular flexibility index (Phi) is 5.24. The highest BCUT2D eigenvalue weighted by Crippen LogP contribution is 2.33. The topological polar surface area (TPSA) is 22.1 Å². The minimum Gasteiger partial charge on any atom is -0.489 e. The van der Waals surface area contributed by atoms with Gasteiger partial charge < -0.3 is 4.74 Å². The first-order valence-corrected chi connectivity index (χ1v) is 8.14. The van der Waals surface area contributed by atoms with Crippen LogP contribution < -0.4 is 4.74 Å². The Balaban J connectivity index is 1.84. The van der Waals surface area contributed by atoms with Crippen LogP contribution in [0.4, 0.5) is 4.39 Å². The van der Waals surface area contributed by atoms with Gasteiger partial charge in [-0.25, -0.2) is 9.37 Å². The lowest BCUT2D eigenvalue weighted by molar-refractivity contribution is 0.304. The number of hydrogen-bond acceptors (Lipinski definition) is 2. The maximum Gasteiger partial charge on any atom is 0.129 e. The number of rotatable bonds is 4. The van der Waals surface area contributed by atoms with Crippen LogP contribution in [0.2, 0.25) is 15.2 Å². The molecule has 1 aromatic heterocycles. The molecule has 1 heterocycles. The van der Waals surface area contributed by atoms with Gasteiger partial charge in [-0.2, -0.15) is 0 Å². The average molecular weight is 383 g/mol. The molecule has 0 aliphatic carbocycles. The molecule has 3 aromatic rings. The van der Waals surface area contributed by atoms with E-state index in [9.17, 15) is 4.39 Å². The summed E-state index contributed by atoms with van der Waals surface area (Å²) >= 11 is 17.8. The molecule has 0 unspecified atom stereocenters. The molecule has 0 bridgehead atoms. The summed E-state index contributed by atoms with van der Waals surface area (Å²) in [6, 6.07) is 13.0. The minimum absolute atomic E-state index is 0.251. The summed E-state index contributed by atoms with van der Waals surface area (Å²) in [6.45, 7) is 0.251. The van der Waals surface area contributed by atoms with Gasteiger partial charge in [-0.15, -0.1) is 0 Å². The van der Waals surface area contributed by atoms with Crippen LogP contribution in [-0.4, -0.2) is 4.98 Å². The van der Waals surface area contributed by atoms with Crippen LogP contribution in [0.15, 0.2) is 54.7 Å². The summed E-state index contributed by atoms with van der Waals surface area (Å²) in [5, 5.41) is 1.37. The van der Waals surface area contributed by atoms with Crippen molar-refractivity contribution in [2.45, 2.75) is 6.61 Å². The van der Waals surface area contributed by atoms with Crippen molar-refractivity contribution >= 4 is 34.8 Å². The molecule has 0 radical (unpaired) electrons. The Morgan fingerprint density at radius 3 is 2.50 bits per heavy atom. The second-order valence-corrected chi connectivity index (χ2v) is 6.31. The van der Waals surface area contributed by atoms with E-state index in [1.165, 1.54) is 12.1 Å². The number of halogens is 4. The SMILES string of the molecule is Fc1cc(OCc2ccc(Cl)nc2)cc(-c2ccc(Cl)cc2Cl)c1. The van der Waals surface area contributed by atoms with Gasteiger partial charge in [0.15, 0.2) is 0 Å². The Morgan fingerprint density at radius 1 is 0.958 bits per heavy atom. The molecule has 0 aliphatic rings. The van der Waals surface area contributed by atoms with Crippen molar-refractivity contribution in [3.05, 3.63) is 81.3 Å². The van der Waals surface area contributed by atoms with Crippen molar-refractivity contribution in [2.24, 2.45) is 0 Å². The summed E-state index contributed by atoms with van der Waals surface area (Å²) in [5.74, 6) is -0.0197. The van der Waals surface area contributed by atoms with E-state index in [0.717, 1.165) is 5.56 Å². The smallest absolute Gasteiger partial charge is 0.129 e. The summed E-state index contributed by atoms with van der Waals surface area (Å²) in [4.78, 5) is 3.98. The quantitative estimate of drug-likeness (QED) is 0.485. The second kappa shape index (κ2) is 7.39. The molecule has 122 valence electrons. The molecular formula is C18H11Cl3FNO. The molecule has 3 rings (SSSR count). The monoisotopic (exact) mass is 381 g/mol. The van der Waals surface area contributed by atoms with Crippen LogP contribution in [0.5, 0.6) is 5.75 Å². The van der Waals surface area contributed by atoms with Gasteiger partial charge in [0.25, 0.3) is 0 Å². The third-order valence-electron chi connectivity index (χ3n) is 3.31. The van der Waals surface area contributed by atoms with E-state index >= 15 is 0 Å². The number of ether oxygens (including phenoxy) is 1. The molecule has 0 N–H and O–H groups in total. The minimum atomic E-state index is -0.414. The molecule has 0 saturated heterocycles. The van der Waals surface area contributed by atoms with Crippen LogP contribution in [0.3, 0.4) is 0 Å². The van der Waals surface area contributed by atoms with E-state index in [1.54, 1.807) is 42.6 Å². The van der Waals surface area contributed by atoms with Crippen LogP contribution in [0.1, 0.15) is 5.56 Å². The van der Waals surface area contributed by atoms with Gasteiger partial charge in [0, 0.05) is 33.4 Å². The highest BCUT2D eigenvalue weighted by molar-refractivity contribution is 6.36. The highest BCUT2D eigenvalue weighted by atomic mass is 35.5. The van der Waals surface area contributed by atoms with Crippen molar-refractivity contribution in [3.8, 4) is 16.9 Å². The molecule has 2 nitrogen and oxygen atoms in total. The number of pyridine rings is 1. The standard InChI is InChI=1S/C18H11Cl3FNO/c19-13-2-3-16(17(20)7-13)12-5-14(22)8-15(6-12)24-10-11-1-4-18(21)23-9-11/h1-9H,10H2. The summed E-state index contributed by atoms with van der Waals surface area (Å²) in [6.07, 6.45) is 1.61. The molecule has 0 fully saturated rings. The fraction of sp³-hybridized carbons (Fsp3) is 0.0556.